The van der Waals surface area contributed by atoms with Gasteiger partial charge >= 0.3 is 0 Å². The van der Waals surface area contributed by atoms with Crippen LogP contribution < -0.4 is 5.56 Å². The summed E-state index contributed by atoms with van der Waals surface area (Å²) in [6, 6.07) is 11.8. The maximum atomic E-state index is 12.6. The van der Waals surface area contributed by atoms with E-state index in [0.29, 0.717) is 17.8 Å². The van der Waals surface area contributed by atoms with E-state index in [4.69, 9.17) is 0 Å². The van der Waals surface area contributed by atoms with Gasteiger partial charge in [0, 0.05) is 17.5 Å². The molecule has 0 atom stereocenters. The zero-order valence-electron chi connectivity index (χ0n) is 13.3. The van der Waals surface area contributed by atoms with E-state index >= 15 is 0 Å². The molecule has 0 fully saturated rings. The summed E-state index contributed by atoms with van der Waals surface area (Å²) in [4.78, 5) is 18.8. The van der Waals surface area contributed by atoms with Crippen LogP contribution in [-0.2, 0) is 13.6 Å². The van der Waals surface area contributed by atoms with E-state index in [2.05, 4.69) is 15.2 Å². The predicted molar refractivity (Wildman–Crippen MR) is 94.2 cm³/mol. The van der Waals surface area contributed by atoms with Crippen molar-refractivity contribution in [1.82, 2.24) is 24.3 Å². The van der Waals surface area contributed by atoms with Crippen molar-refractivity contribution in [2.24, 2.45) is 7.05 Å². The Balaban J connectivity index is 1.73. The lowest BCUT2D eigenvalue weighted by Crippen LogP contribution is -2.22. The van der Waals surface area contributed by atoms with Crippen LogP contribution in [0.15, 0.2) is 47.5 Å². The molecule has 0 unspecified atom stereocenters. The average Bonchev–Trinajstić information content (AvgIpc) is 3.14. The Bertz CT molecular complexity index is 1080. The maximum absolute atomic E-state index is 12.6. The third kappa shape index (κ3) is 2.43. The molecule has 0 aliphatic rings. The van der Waals surface area contributed by atoms with E-state index in [1.165, 1.54) is 11.3 Å². The molecule has 0 radical (unpaired) electrons. The minimum atomic E-state index is -0.0476. The Morgan fingerprint density at radius 1 is 1.17 bits per heavy atom. The highest BCUT2D eigenvalue weighted by Crippen LogP contribution is 2.20. The first-order valence-corrected chi connectivity index (χ1v) is 8.34. The number of hydrogen-bond donors (Lipinski definition) is 0. The van der Waals surface area contributed by atoms with Gasteiger partial charge in [0.25, 0.3) is 5.56 Å². The summed E-state index contributed by atoms with van der Waals surface area (Å²) in [6.07, 6.45) is 1.58. The molecule has 0 N–H and O–H groups in total. The zero-order valence-corrected chi connectivity index (χ0v) is 14.1. The molecule has 0 aliphatic carbocycles. The minimum absolute atomic E-state index is 0.0476. The molecular weight excluding hydrogens is 322 g/mol. The van der Waals surface area contributed by atoms with Gasteiger partial charge in [-0.25, -0.2) is 4.98 Å². The van der Waals surface area contributed by atoms with E-state index < -0.39 is 0 Å². The fourth-order valence-electron chi connectivity index (χ4n) is 2.68. The van der Waals surface area contributed by atoms with Crippen LogP contribution in [-0.4, -0.2) is 24.3 Å². The van der Waals surface area contributed by atoms with E-state index in [0.717, 1.165) is 21.1 Å². The molecular formula is C17H15N5OS. The Hall–Kier alpha value is -2.80. The number of fused-ring (bicyclic) bond motifs is 1. The summed E-state index contributed by atoms with van der Waals surface area (Å²) in [5.74, 6) is 1.49. The van der Waals surface area contributed by atoms with E-state index in [1.54, 1.807) is 10.9 Å². The molecule has 0 spiro atoms. The second kappa shape index (κ2) is 5.68. The highest BCUT2D eigenvalue weighted by molar-refractivity contribution is 7.18. The van der Waals surface area contributed by atoms with Gasteiger partial charge in [-0.3, -0.25) is 9.36 Å². The summed E-state index contributed by atoms with van der Waals surface area (Å²) < 4.78 is 3.48. The number of nitrogens with zero attached hydrogens (tertiary/aromatic N) is 5. The fraction of sp³-hybridized carbons (Fsp3) is 0.176. The van der Waals surface area contributed by atoms with Crippen molar-refractivity contribution in [3.05, 3.63) is 63.8 Å². The summed E-state index contributed by atoms with van der Waals surface area (Å²) in [5, 5.41) is 9.16. The topological polar surface area (TPSA) is 65.6 Å². The van der Waals surface area contributed by atoms with E-state index in [9.17, 15) is 4.79 Å². The highest BCUT2D eigenvalue weighted by atomic mass is 32.1. The molecule has 3 heterocycles. The SMILES string of the molecule is Cc1cc2c(=O)n(Cc3nnc(-c4ccccc4)n3C)cnc2s1. The quantitative estimate of drug-likeness (QED) is 0.576. The van der Waals surface area contributed by atoms with Crippen molar-refractivity contribution in [3.63, 3.8) is 0 Å². The number of thiophene rings is 1. The van der Waals surface area contributed by atoms with E-state index in [1.807, 2.05) is 54.9 Å². The van der Waals surface area contributed by atoms with Gasteiger partial charge in [0.2, 0.25) is 0 Å². The van der Waals surface area contributed by atoms with Crippen LogP contribution in [0.1, 0.15) is 10.7 Å². The highest BCUT2D eigenvalue weighted by Gasteiger charge is 2.13. The summed E-state index contributed by atoms with van der Waals surface area (Å²) in [5.41, 5.74) is 0.946. The van der Waals surface area contributed by atoms with Gasteiger partial charge in [0.1, 0.15) is 4.83 Å². The lowest BCUT2D eigenvalue weighted by Gasteiger charge is -2.06. The molecule has 6 nitrogen and oxygen atoms in total. The molecule has 24 heavy (non-hydrogen) atoms. The van der Waals surface area contributed by atoms with Crippen LogP contribution in [0.3, 0.4) is 0 Å². The molecule has 120 valence electrons. The molecule has 0 saturated heterocycles. The van der Waals surface area contributed by atoms with Crippen molar-refractivity contribution >= 4 is 21.6 Å². The fourth-order valence-corrected chi connectivity index (χ4v) is 3.52. The van der Waals surface area contributed by atoms with Gasteiger partial charge in [0.15, 0.2) is 11.6 Å². The largest absolute Gasteiger partial charge is 0.313 e. The molecule has 0 amide bonds. The number of aryl methyl sites for hydroxylation is 1. The van der Waals surface area contributed by atoms with Gasteiger partial charge in [-0.05, 0) is 13.0 Å². The number of rotatable bonds is 3. The number of aromatic nitrogens is 5. The van der Waals surface area contributed by atoms with Crippen LogP contribution in [0, 0.1) is 6.92 Å². The number of benzene rings is 1. The second-order valence-corrected chi connectivity index (χ2v) is 6.85. The zero-order chi connectivity index (χ0) is 16.7. The van der Waals surface area contributed by atoms with Gasteiger partial charge in [0.05, 0.1) is 18.3 Å². The smallest absolute Gasteiger partial charge is 0.262 e. The van der Waals surface area contributed by atoms with Crippen molar-refractivity contribution in [2.45, 2.75) is 13.5 Å². The van der Waals surface area contributed by atoms with Gasteiger partial charge in [-0.2, -0.15) is 0 Å². The van der Waals surface area contributed by atoms with Crippen molar-refractivity contribution < 1.29 is 0 Å². The van der Waals surface area contributed by atoms with Crippen LogP contribution in [0.4, 0.5) is 0 Å². The first kappa shape index (κ1) is 14.8. The van der Waals surface area contributed by atoms with Crippen molar-refractivity contribution in [1.29, 1.82) is 0 Å². The third-order valence-corrected chi connectivity index (χ3v) is 4.91. The molecule has 0 saturated carbocycles. The molecule has 1 aromatic carbocycles. The van der Waals surface area contributed by atoms with Crippen molar-refractivity contribution in [3.8, 4) is 11.4 Å². The number of hydrogen-bond acceptors (Lipinski definition) is 5. The van der Waals surface area contributed by atoms with E-state index in [-0.39, 0.29) is 5.56 Å². The minimum Gasteiger partial charge on any atom is -0.313 e. The van der Waals surface area contributed by atoms with Crippen LogP contribution in [0.25, 0.3) is 21.6 Å². The summed E-state index contributed by atoms with van der Waals surface area (Å²) >= 11 is 1.53. The Morgan fingerprint density at radius 3 is 2.75 bits per heavy atom. The van der Waals surface area contributed by atoms with Crippen LogP contribution in [0.5, 0.6) is 0 Å². The standard InChI is InChI=1S/C17H15N5OS/c1-11-8-13-16(24-11)18-10-22(17(13)23)9-14-19-20-15(21(14)2)12-6-4-3-5-7-12/h3-8,10H,9H2,1-2H3. The average molecular weight is 337 g/mol. The van der Waals surface area contributed by atoms with Crippen molar-refractivity contribution in [2.75, 3.05) is 0 Å². The molecule has 0 aliphatic heterocycles. The molecule has 4 aromatic rings. The third-order valence-electron chi connectivity index (χ3n) is 3.95. The van der Waals surface area contributed by atoms with Gasteiger partial charge in [-0.15, -0.1) is 21.5 Å². The lowest BCUT2D eigenvalue weighted by atomic mass is 10.2. The first-order chi connectivity index (χ1) is 11.6. The maximum Gasteiger partial charge on any atom is 0.262 e. The van der Waals surface area contributed by atoms with Crippen LogP contribution >= 0.6 is 11.3 Å². The lowest BCUT2D eigenvalue weighted by molar-refractivity contribution is 0.673. The molecule has 0 bridgehead atoms. The molecule has 3 aromatic heterocycles. The monoisotopic (exact) mass is 337 g/mol. The second-order valence-electron chi connectivity index (χ2n) is 5.62. The summed E-state index contributed by atoms with van der Waals surface area (Å²) in [7, 11) is 1.91. The Labute approximate surface area is 142 Å². The van der Waals surface area contributed by atoms with Crippen LogP contribution in [0.2, 0.25) is 0 Å². The molecule has 4 rings (SSSR count). The molecule has 7 heteroatoms. The Kier molecular flexibility index (Phi) is 3.50. The first-order valence-electron chi connectivity index (χ1n) is 7.53. The van der Waals surface area contributed by atoms with Gasteiger partial charge in [-0.1, -0.05) is 30.3 Å². The normalized spacial score (nSPS) is 11.2. The Morgan fingerprint density at radius 2 is 1.96 bits per heavy atom. The summed E-state index contributed by atoms with van der Waals surface area (Å²) in [6.45, 7) is 2.32. The van der Waals surface area contributed by atoms with Gasteiger partial charge < -0.3 is 4.57 Å². The predicted octanol–water partition coefficient (Wildman–Crippen LogP) is 2.61.